The fourth-order valence-corrected chi connectivity index (χ4v) is 3.78. The number of pyridine rings is 1. The quantitative estimate of drug-likeness (QED) is 0.672. The number of carbonyl (C=O) groups is 2. The average Bonchev–Trinajstić information content (AvgIpc) is 2.79. The van der Waals surface area contributed by atoms with E-state index in [1.54, 1.807) is 12.0 Å². The Morgan fingerprint density at radius 2 is 1.93 bits per heavy atom. The van der Waals surface area contributed by atoms with Crippen molar-refractivity contribution in [2.24, 2.45) is 5.92 Å². The summed E-state index contributed by atoms with van der Waals surface area (Å²) in [5.74, 6) is 0.879. The Labute approximate surface area is 178 Å². The van der Waals surface area contributed by atoms with Crippen LogP contribution in [0.3, 0.4) is 0 Å². The third-order valence-electron chi connectivity index (χ3n) is 5.75. The summed E-state index contributed by atoms with van der Waals surface area (Å²) in [5, 5.41) is 0. The molecule has 6 nitrogen and oxygen atoms in total. The zero-order valence-electron chi connectivity index (χ0n) is 18.1. The molecule has 0 N–H and O–H groups in total. The van der Waals surface area contributed by atoms with Gasteiger partial charge < -0.3 is 14.5 Å². The first kappa shape index (κ1) is 21.8. The number of aryl methyl sites for hydroxylation is 1. The van der Waals surface area contributed by atoms with E-state index in [0.717, 1.165) is 29.8 Å². The molecule has 2 aromatic rings. The lowest BCUT2D eigenvalue weighted by Gasteiger charge is -2.34. The highest BCUT2D eigenvalue weighted by Crippen LogP contribution is 2.21. The predicted molar refractivity (Wildman–Crippen MR) is 116 cm³/mol. The zero-order valence-corrected chi connectivity index (χ0v) is 18.1. The highest BCUT2D eigenvalue weighted by atomic mass is 16.5. The topological polar surface area (TPSA) is 62.7 Å². The number of nitrogens with zero attached hydrogens (tertiary/aromatic N) is 3. The minimum absolute atomic E-state index is 0.0818. The number of hydrogen-bond acceptors (Lipinski definition) is 4. The van der Waals surface area contributed by atoms with E-state index < -0.39 is 0 Å². The largest absolute Gasteiger partial charge is 0.497 e. The number of likely N-dealkylation sites (tertiary alicyclic amines) is 1. The van der Waals surface area contributed by atoms with Crippen LogP contribution >= 0.6 is 0 Å². The Hall–Kier alpha value is -2.89. The van der Waals surface area contributed by atoms with Crippen molar-refractivity contribution in [3.63, 3.8) is 0 Å². The smallest absolute Gasteiger partial charge is 0.227 e. The van der Waals surface area contributed by atoms with Crippen LogP contribution in [-0.2, 0) is 29.0 Å². The number of carbonyl (C=O) groups excluding carboxylic acids is 2. The van der Waals surface area contributed by atoms with Crippen molar-refractivity contribution in [2.45, 2.75) is 39.2 Å². The number of hydrogen-bond donors (Lipinski definition) is 0. The molecule has 0 radical (unpaired) electrons. The van der Waals surface area contributed by atoms with Crippen molar-refractivity contribution in [3.05, 3.63) is 59.4 Å². The van der Waals surface area contributed by atoms with Crippen LogP contribution in [0.5, 0.6) is 5.75 Å². The third kappa shape index (κ3) is 5.59. The second-order valence-electron chi connectivity index (χ2n) is 7.88. The van der Waals surface area contributed by atoms with Gasteiger partial charge in [0.2, 0.25) is 11.8 Å². The first-order valence-electron chi connectivity index (χ1n) is 10.6. The molecule has 0 spiro atoms. The van der Waals surface area contributed by atoms with Gasteiger partial charge in [0.1, 0.15) is 5.75 Å². The van der Waals surface area contributed by atoms with Gasteiger partial charge in [-0.3, -0.25) is 14.6 Å². The maximum absolute atomic E-state index is 13.0. The van der Waals surface area contributed by atoms with Crippen LogP contribution in [0, 0.1) is 5.92 Å². The van der Waals surface area contributed by atoms with Crippen LogP contribution < -0.4 is 4.74 Å². The number of aromatic nitrogens is 1. The Bertz CT molecular complexity index is 849. The summed E-state index contributed by atoms with van der Waals surface area (Å²) in [4.78, 5) is 33.4. The van der Waals surface area contributed by atoms with Gasteiger partial charge in [-0.25, -0.2) is 0 Å². The van der Waals surface area contributed by atoms with E-state index in [9.17, 15) is 9.59 Å². The number of amides is 2. The molecule has 1 atom stereocenters. The van der Waals surface area contributed by atoms with Gasteiger partial charge >= 0.3 is 0 Å². The molecule has 3 rings (SSSR count). The maximum atomic E-state index is 13.0. The molecule has 0 saturated carbocycles. The Morgan fingerprint density at radius 3 is 2.57 bits per heavy atom. The lowest BCUT2D eigenvalue weighted by Crippen LogP contribution is -2.46. The zero-order chi connectivity index (χ0) is 21.5. The Balaban J connectivity index is 1.54. The monoisotopic (exact) mass is 409 g/mol. The Morgan fingerprint density at radius 1 is 1.20 bits per heavy atom. The molecular formula is C24H31N3O3. The van der Waals surface area contributed by atoms with Gasteiger partial charge in [0.05, 0.1) is 25.3 Å². The SMILES string of the molecule is CCc1ccc(CN(C)C(=O)[C@@H]2CCC(=O)N(CCc3ccc(OC)cc3)C2)nc1. The van der Waals surface area contributed by atoms with Crippen molar-refractivity contribution in [3.8, 4) is 5.75 Å². The van der Waals surface area contributed by atoms with Crippen LogP contribution in [0.2, 0.25) is 0 Å². The van der Waals surface area contributed by atoms with Gasteiger partial charge in [-0.15, -0.1) is 0 Å². The molecule has 1 aliphatic heterocycles. The minimum atomic E-state index is -0.154. The summed E-state index contributed by atoms with van der Waals surface area (Å²) < 4.78 is 5.19. The molecule has 2 heterocycles. The van der Waals surface area contributed by atoms with Crippen LogP contribution in [0.25, 0.3) is 0 Å². The van der Waals surface area contributed by atoms with Gasteiger partial charge in [0.15, 0.2) is 0 Å². The molecule has 1 aromatic carbocycles. The van der Waals surface area contributed by atoms with E-state index in [1.807, 2.05) is 48.5 Å². The number of ether oxygens (including phenoxy) is 1. The molecule has 6 heteroatoms. The van der Waals surface area contributed by atoms with Crippen molar-refractivity contribution < 1.29 is 14.3 Å². The van der Waals surface area contributed by atoms with Gasteiger partial charge in [-0.05, 0) is 48.6 Å². The fraction of sp³-hybridized carbons (Fsp3) is 0.458. The molecule has 2 amide bonds. The summed E-state index contributed by atoms with van der Waals surface area (Å²) >= 11 is 0. The first-order valence-corrected chi connectivity index (χ1v) is 10.6. The molecule has 160 valence electrons. The van der Waals surface area contributed by atoms with E-state index >= 15 is 0 Å². The third-order valence-corrected chi connectivity index (χ3v) is 5.75. The molecule has 1 aliphatic rings. The number of rotatable bonds is 8. The summed E-state index contributed by atoms with van der Waals surface area (Å²) in [6, 6.07) is 11.9. The highest BCUT2D eigenvalue weighted by Gasteiger charge is 2.31. The lowest BCUT2D eigenvalue weighted by molar-refractivity contribution is -0.142. The van der Waals surface area contributed by atoms with E-state index in [4.69, 9.17) is 4.74 Å². The van der Waals surface area contributed by atoms with Crippen molar-refractivity contribution in [2.75, 3.05) is 27.2 Å². The normalized spacial score (nSPS) is 16.4. The standard InChI is InChI=1S/C24H31N3O3/c1-4-18-5-9-21(25-15-18)17-26(2)24(29)20-8-12-23(28)27(16-20)14-13-19-6-10-22(30-3)11-7-19/h5-7,9-11,15,20H,4,8,12-14,16-17H2,1-3H3/t20-/m1/s1. The molecule has 30 heavy (non-hydrogen) atoms. The molecule has 0 bridgehead atoms. The molecule has 0 aliphatic carbocycles. The second-order valence-corrected chi connectivity index (χ2v) is 7.88. The molecule has 1 saturated heterocycles. The molecule has 0 unspecified atom stereocenters. The summed E-state index contributed by atoms with van der Waals surface area (Å²) in [5.41, 5.74) is 3.22. The first-order chi connectivity index (χ1) is 14.5. The number of piperidine rings is 1. The summed E-state index contributed by atoms with van der Waals surface area (Å²) in [6.07, 6.45) is 4.62. The van der Waals surface area contributed by atoms with Crippen LogP contribution in [-0.4, -0.2) is 53.8 Å². The minimum Gasteiger partial charge on any atom is -0.497 e. The second kappa shape index (κ2) is 10.2. The van der Waals surface area contributed by atoms with Crippen LogP contribution in [0.15, 0.2) is 42.6 Å². The number of benzene rings is 1. The van der Waals surface area contributed by atoms with Gasteiger partial charge in [-0.1, -0.05) is 25.1 Å². The van der Waals surface area contributed by atoms with Gasteiger partial charge in [0.25, 0.3) is 0 Å². The van der Waals surface area contributed by atoms with Crippen molar-refractivity contribution >= 4 is 11.8 Å². The highest BCUT2D eigenvalue weighted by molar-refractivity contribution is 5.83. The van der Waals surface area contributed by atoms with Crippen LogP contribution in [0.1, 0.15) is 36.6 Å². The fourth-order valence-electron chi connectivity index (χ4n) is 3.78. The van der Waals surface area contributed by atoms with E-state index in [2.05, 4.69) is 18.0 Å². The van der Waals surface area contributed by atoms with E-state index in [-0.39, 0.29) is 17.7 Å². The molecule has 1 fully saturated rings. The lowest BCUT2D eigenvalue weighted by atomic mass is 9.95. The van der Waals surface area contributed by atoms with Crippen molar-refractivity contribution in [1.29, 1.82) is 0 Å². The van der Waals surface area contributed by atoms with Crippen LogP contribution in [0.4, 0.5) is 0 Å². The number of methoxy groups -OCH3 is 1. The van der Waals surface area contributed by atoms with Crippen molar-refractivity contribution in [1.82, 2.24) is 14.8 Å². The predicted octanol–water partition coefficient (Wildman–Crippen LogP) is 3.09. The molecular weight excluding hydrogens is 378 g/mol. The summed E-state index contributed by atoms with van der Waals surface area (Å²) in [7, 11) is 3.46. The van der Waals surface area contributed by atoms with Gasteiger partial charge in [-0.2, -0.15) is 0 Å². The molecule has 1 aromatic heterocycles. The maximum Gasteiger partial charge on any atom is 0.227 e. The van der Waals surface area contributed by atoms with E-state index in [1.165, 1.54) is 5.56 Å². The Kier molecular flexibility index (Phi) is 7.44. The van der Waals surface area contributed by atoms with E-state index in [0.29, 0.717) is 32.5 Å². The van der Waals surface area contributed by atoms with Gasteiger partial charge in [0, 0.05) is 32.8 Å². The average molecular weight is 410 g/mol. The summed E-state index contributed by atoms with van der Waals surface area (Å²) in [6.45, 7) is 3.69.